The molecule has 0 saturated heterocycles. The highest BCUT2D eigenvalue weighted by Crippen LogP contribution is 2.15. The number of nitrogens with one attached hydrogen (secondary N) is 1. The zero-order valence-electron chi connectivity index (χ0n) is 9.90. The molecule has 3 nitrogen and oxygen atoms in total. The van der Waals surface area contributed by atoms with Gasteiger partial charge in [-0.3, -0.25) is 4.79 Å². The van der Waals surface area contributed by atoms with Crippen molar-refractivity contribution in [2.75, 3.05) is 0 Å². The van der Waals surface area contributed by atoms with Gasteiger partial charge in [-0.25, -0.2) is 4.39 Å². The number of amides is 1. The first-order valence-corrected chi connectivity index (χ1v) is 5.58. The van der Waals surface area contributed by atoms with E-state index in [2.05, 4.69) is 5.32 Å². The fraction of sp³-hybridized carbons (Fsp3) is 0.308. The Balaban J connectivity index is 2.24. The summed E-state index contributed by atoms with van der Waals surface area (Å²) >= 11 is 0. The predicted molar refractivity (Wildman–Crippen MR) is 64.3 cm³/mol. The normalized spacial score (nSPS) is 12.6. The van der Waals surface area contributed by atoms with E-state index < -0.39 is 0 Å². The molecule has 1 amide bonds. The minimum atomic E-state index is -0.246. The summed E-state index contributed by atoms with van der Waals surface area (Å²) in [6, 6.07) is 4.93. The largest absolute Gasteiger partial charge is 0.354 e. The van der Waals surface area contributed by atoms with Gasteiger partial charge in [0.1, 0.15) is 5.82 Å². The number of aromatic nitrogens is 1. The van der Waals surface area contributed by atoms with Gasteiger partial charge in [0, 0.05) is 25.4 Å². The van der Waals surface area contributed by atoms with Crippen molar-refractivity contribution in [3.8, 4) is 0 Å². The molecule has 0 radical (unpaired) electrons. The Hall–Kier alpha value is -1.84. The molecule has 2 rings (SSSR count). The van der Waals surface area contributed by atoms with Crippen LogP contribution >= 0.6 is 0 Å². The summed E-state index contributed by atoms with van der Waals surface area (Å²) < 4.78 is 15.0. The van der Waals surface area contributed by atoms with Crippen LogP contribution in [0.15, 0.2) is 30.6 Å². The van der Waals surface area contributed by atoms with E-state index in [1.807, 2.05) is 23.6 Å². The minimum absolute atomic E-state index is 0.0435. The number of rotatable bonds is 3. The van der Waals surface area contributed by atoms with Crippen molar-refractivity contribution < 1.29 is 9.18 Å². The van der Waals surface area contributed by atoms with Gasteiger partial charge in [-0.05, 0) is 37.1 Å². The van der Waals surface area contributed by atoms with Crippen molar-refractivity contribution in [2.24, 2.45) is 0 Å². The molecule has 1 atom stereocenters. The quantitative estimate of drug-likeness (QED) is 0.867. The first-order valence-electron chi connectivity index (χ1n) is 5.58. The lowest BCUT2D eigenvalue weighted by Crippen LogP contribution is -2.31. The summed E-state index contributed by atoms with van der Waals surface area (Å²) in [5.41, 5.74) is 1.88. The number of nitrogens with zero attached hydrogens (tertiary/aromatic N) is 1. The molecular weight excluding hydrogens is 219 g/mol. The first-order chi connectivity index (χ1) is 8.06. The third-order valence-electron chi connectivity index (χ3n) is 2.69. The van der Waals surface area contributed by atoms with E-state index in [0.29, 0.717) is 6.42 Å². The van der Waals surface area contributed by atoms with Gasteiger partial charge in [-0.1, -0.05) is 0 Å². The maximum atomic E-state index is 13.2. The highest BCUT2D eigenvalue weighted by molar-refractivity contribution is 5.73. The zero-order chi connectivity index (χ0) is 12.4. The van der Waals surface area contributed by atoms with E-state index in [-0.39, 0.29) is 17.8 Å². The molecule has 2 aromatic heterocycles. The van der Waals surface area contributed by atoms with Crippen LogP contribution in [0.4, 0.5) is 4.39 Å². The Kier molecular flexibility index (Phi) is 3.13. The summed E-state index contributed by atoms with van der Waals surface area (Å²) in [6.07, 6.45) is 4.28. The maximum absolute atomic E-state index is 13.2. The zero-order valence-corrected chi connectivity index (χ0v) is 9.90. The fourth-order valence-corrected chi connectivity index (χ4v) is 2.03. The molecule has 0 aliphatic carbocycles. The summed E-state index contributed by atoms with van der Waals surface area (Å²) in [4.78, 5) is 10.9. The lowest BCUT2D eigenvalue weighted by molar-refractivity contribution is -0.119. The van der Waals surface area contributed by atoms with Gasteiger partial charge < -0.3 is 9.72 Å². The van der Waals surface area contributed by atoms with Gasteiger partial charge >= 0.3 is 0 Å². The van der Waals surface area contributed by atoms with Crippen molar-refractivity contribution in [1.82, 2.24) is 9.72 Å². The molecule has 4 heteroatoms. The minimum Gasteiger partial charge on any atom is -0.354 e. The molecule has 1 unspecified atom stereocenters. The van der Waals surface area contributed by atoms with Gasteiger partial charge in [0.2, 0.25) is 5.91 Å². The number of hydrogen-bond donors (Lipinski definition) is 1. The van der Waals surface area contributed by atoms with E-state index in [0.717, 1.165) is 11.1 Å². The van der Waals surface area contributed by atoms with Crippen LogP contribution in [-0.4, -0.2) is 16.3 Å². The highest BCUT2D eigenvalue weighted by Gasteiger charge is 2.09. The molecule has 0 aliphatic rings. The number of halogens is 1. The molecule has 17 heavy (non-hydrogen) atoms. The molecule has 0 aliphatic heterocycles. The molecular formula is C13H15FN2O. The average Bonchev–Trinajstić information content (AvgIpc) is 2.60. The Labute approximate surface area is 99.3 Å². The Morgan fingerprint density at radius 2 is 2.18 bits per heavy atom. The average molecular weight is 234 g/mol. The van der Waals surface area contributed by atoms with Crippen molar-refractivity contribution in [3.63, 3.8) is 0 Å². The van der Waals surface area contributed by atoms with E-state index in [4.69, 9.17) is 0 Å². The van der Waals surface area contributed by atoms with Crippen LogP contribution in [0.1, 0.15) is 19.4 Å². The monoisotopic (exact) mass is 234 g/mol. The van der Waals surface area contributed by atoms with Crippen LogP contribution < -0.4 is 5.32 Å². The third kappa shape index (κ3) is 2.64. The molecule has 0 saturated carbocycles. The Morgan fingerprint density at radius 3 is 2.88 bits per heavy atom. The molecule has 0 bridgehead atoms. The molecule has 2 aromatic rings. The summed E-state index contributed by atoms with van der Waals surface area (Å²) in [5.74, 6) is -0.295. The number of pyridine rings is 1. The van der Waals surface area contributed by atoms with Gasteiger partial charge in [-0.15, -0.1) is 0 Å². The van der Waals surface area contributed by atoms with Crippen molar-refractivity contribution >= 4 is 11.4 Å². The standard InChI is InChI=1S/C13H15FN2O/c1-9(15-10(2)17)7-11-3-5-16-6-4-12(14)8-13(11)16/h3-6,8-9H,7H2,1-2H3,(H,15,17). The van der Waals surface area contributed by atoms with Gasteiger partial charge in [0.25, 0.3) is 0 Å². The van der Waals surface area contributed by atoms with Crippen molar-refractivity contribution in [1.29, 1.82) is 0 Å². The second kappa shape index (κ2) is 4.57. The number of carbonyl (C=O) groups excluding carboxylic acids is 1. The Morgan fingerprint density at radius 1 is 1.47 bits per heavy atom. The summed E-state index contributed by atoms with van der Waals surface area (Å²) in [7, 11) is 0. The Bertz CT molecular complexity index is 547. The second-order valence-electron chi connectivity index (χ2n) is 4.28. The van der Waals surface area contributed by atoms with E-state index >= 15 is 0 Å². The van der Waals surface area contributed by atoms with Crippen LogP contribution in [0, 0.1) is 5.82 Å². The van der Waals surface area contributed by atoms with Crippen molar-refractivity contribution in [3.05, 3.63) is 42.0 Å². The molecule has 1 N–H and O–H groups in total. The molecule has 0 spiro atoms. The first kappa shape index (κ1) is 11.6. The van der Waals surface area contributed by atoms with Crippen LogP contribution in [0.2, 0.25) is 0 Å². The SMILES string of the molecule is CC(=O)NC(C)Cc1ccn2ccc(F)cc12. The van der Waals surface area contributed by atoms with Crippen LogP contribution in [-0.2, 0) is 11.2 Å². The summed E-state index contributed by atoms with van der Waals surface area (Å²) in [6.45, 7) is 3.43. The predicted octanol–water partition coefficient (Wildman–Crippen LogP) is 2.15. The number of carbonyl (C=O) groups is 1. The van der Waals surface area contributed by atoms with Crippen molar-refractivity contribution in [2.45, 2.75) is 26.3 Å². The molecule has 0 aromatic carbocycles. The lowest BCUT2D eigenvalue weighted by Gasteiger charge is -2.11. The highest BCUT2D eigenvalue weighted by atomic mass is 19.1. The topological polar surface area (TPSA) is 33.5 Å². The number of hydrogen-bond acceptors (Lipinski definition) is 1. The second-order valence-corrected chi connectivity index (χ2v) is 4.28. The van der Waals surface area contributed by atoms with Crippen LogP contribution in [0.5, 0.6) is 0 Å². The van der Waals surface area contributed by atoms with Gasteiger partial charge in [0.15, 0.2) is 0 Å². The molecule has 90 valence electrons. The molecule has 0 fully saturated rings. The van der Waals surface area contributed by atoms with Crippen LogP contribution in [0.25, 0.3) is 5.52 Å². The molecule has 2 heterocycles. The van der Waals surface area contributed by atoms with E-state index in [1.165, 1.54) is 19.1 Å². The van der Waals surface area contributed by atoms with E-state index in [9.17, 15) is 9.18 Å². The fourth-order valence-electron chi connectivity index (χ4n) is 2.03. The summed E-state index contributed by atoms with van der Waals surface area (Å²) in [5, 5.41) is 2.82. The van der Waals surface area contributed by atoms with Gasteiger partial charge in [-0.2, -0.15) is 0 Å². The van der Waals surface area contributed by atoms with Crippen LogP contribution in [0.3, 0.4) is 0 Å². The van der Waals surface area contributed by atoms with E-state index in [1.54, 1.807) is 6.20 Å². The van der Waals surface area contributed by atoms with Gasteiger partial charge in [0.05, 0.1) is 5.52 Å². The smallest absolute Gasteiger partial charge is 0.217 e. The maximum Gasteiger partial charge on any atom is 0.217 e. The third-order valence-corrected chi connectivity index (χ3v) is 2.69. The number of fused-ring (bicyclic) bond motifs is 1. The lowest BCUT2D eigenvalue weighted by atomic mass is 10.1.